The maximum atomic E-state index is 14.5. The van der Waals surface area contributed by atoms with Crippen LogP contribution in [0.3, 0.4) is 0 Å². The number of hydrogen-bond acceptors (Lipinski definition) is 6. The first-order chi connectivity index (χ1) is 16.1. The highest BCUT2D eigenvalue weighted by Gasteiger charge is 2.45. The molecule has 2 aliphatic rings. The van der Waals surface area contributed by atoms with E-state index in [-0.39, 0.29) is 6.02 Å². The Kier molecular flexibility index (Phi) is 4.36. The van der Waals surface area contributed by atoms with Crippen LogP contribution in [0.2, 0.25) is 0 Å². The summed E-state index contributed by atoms with van der Waals surface area (Å²) in [6.45, 7) is 0.392. The van der Waals surface area contributed by atoms with Crippen LogP contribution in [0, 0.1) is 5.95 Å². The topological polar surface area (TPSA) is 82.6 Å². The number of hydrogen-bond donors (Lipinski definition) is 1. The molecule has 0 bridgehead atoms. The molecule has 0 radical (unpaired) electrons. The number of amidine groups is 1. The average Bonchev–Trinajstić information content (AvgIpc) is 2.85. The van der Waals surface area contributed by atoms with E-state index in [0.29, 0.717) is 35.7 Å². The normalized spacial score (nSPS) is 18.5. The highest BCUT2D eigenvalue weighted by molar-refractivity contribution is 5.77. The molecule has 1 spiro atoms. The van der Waals surface area contributed by atoms with Crippen molar-refractivity contribution in [3.8, 4) is 33.9 Å². The standard InChI is InChI=1S/C26H19FN4O2/c27-24-18(7-4-11-29-24)17-8-9-22-19(13-17)26(10-12-32-25(28)31-26)20-14-21(30-15-23(20)33-22)16-5-2-1-3-6-16/h1-9,11,13-15H,10,12H2,(H2,28,31)/t26-/m0/s1. The maximum absolute atomic E-state index is 14.5. The van der Waals surface area contributed by atoms with E-state index in [2.05, 4.69) is 9.97 Å². The van der Waals surface area contributed by atoms with Crippen LogP contribution < -0.4 is 10.5 Å². The van der Waals surface area contributed by atoms with E-state index in [0.717, 1.165) is 22.4 Å². The number of rotatable bonds is 2. The number of fused-ring (bicyclic) bond motifs is 4. The number of nitrogens with zero attached hydrogens (tertiary/aromatic N) is 3. The van der Waals surface area contributed by atoms with E-state index < -0.39 is 11.5 Å². The second-order valence-electron chi connectivity index (χ2n) is 8.00. The van der Waals surface area contributed by atoms with E-state index in [4.69, 9.17) is 20.2 Å². The van der Waals surface area contributed by atoms with Crippen LogP contribution in [0.15, 0.2) is 84.1 Å². The summed E-state index contributed by atoms with van der Waals surface area (Å²) in [4.78, 5) is 13.2. The van der Waals surface area contributed by atoms with Gasteiger partial charge in [0.05, 0.1) is 18.5 Å². The van der Waals surface area contributed by atoms with Gasteiger partial charge in [-0.2, -0.15) is 4.39 Å². The number of benzene rings is 2. The Balaban J connectivity index is 1.58. The largest absolute Gasteiger partial charge is 0.465 e. The number of nitrogens with two attached hydrogens (primary N) is 1. The molecule has 7 heteroatoms. The van der Waals surface area contributed by atoms with E-state index >= 15 is 0 Å². The summed E-state index contributed by atoms with van der Waals surface area (Å²) >= 11 is 0. The minimum atomic E-state index is -0.841. The molecule has 4 heterocycles. The lowest BCUT2D eigenvalue weighted by Crippen LogP contribution is -2.38. The molecule has 0 fully saturated rings. The molecule has 2 N–H and O–H groups in total. The quantitative estimate of drug-likeness (QED) is 0.444. The molecular formula is C26H19FN4O2. The summed E-state index contributed by atoms with van der Waals surface area (Å²) in [6.07, 6.45) is 3.70. The van der Waals surface area contributed by atoms with Gasteiger partial charge in [0.2, 0.25) is 5.95 Å². The Morgan fingerprint density at radius 1 is 0.879 bits per heavy atom. The number of halogens is 1. The van der Waals surface area contributed by atoms with Crippen molar-refractivity contribution < 1.29 is 13.9 Å². The van der Waals surface area contributed by atoms with E-state index in [1.807, 2.05) is 54.6 Å². The van der Waals surface area contributed by atoms with Gasteiger partial charge in [0.15, 0.2) is 5.75 Å². The molecular weight excluding hydrogens is 419 g/mol. The summed E-state index contributed by atoms with van der Waals surface area (Å²) < 4.78 is 26.2. The third-order valence-electron chi connectivity index (χ3n) is 6.11. The van der Waals surface area contributed by atoms with Gasteiger partial charge in [-0.15, -0.1) is 0 Å². The first-order valence-electron chi connectivity index (χ1n) is 10.6. The van der Waals surface area contributed by atoms with Crippen LogP contribution in [-0.4, -0.2) is 22.6 Å². The van der Waals surface area contributed by atoms with Crippen molar-refractivity contribution in [1.29, 1.82) is 0 Å². The van der Waals surface area contributed by atoms with Gasteiger partial charge in [-0.1, -0.05) is 36.4 Å². The molecule has 0 aliphatic carbocycles. The summed E-state index contributed by atoms with van der Waals surface area (Å²) in [6, 6.07) is 21.0. The molecule has 2 aromatic heterocycles. The first-order valence-corrected chi connectivity index (χ1v) is 10.6. The van der Waals surface area contributed by atoms with E-state index in [9.17, 15) is 4.39 Å². The van der Waals surface area contributed by atoms with Gasteiger partial charge in [0.25, 0.3) is 6.02 Å². The highest BCUT2D eigenvalue weighted by Crippen LogP contribution is 2.53. The number of aromatic nitrogens is 2. The van der Waals surface area contributed by atoms with E-state index in [1.165, 1.54) is 6.20 Å². The zero-order chi connectivity index (χ0) is 22.4. The Hall–Kier alpha value is -4.26. The Morgan fingerprint density at radius 3 is 2.55 bits per heavy atom. The van der Waals surface area contributed by atoms with Crippen molar-refractivity contribution in [3.05, 3.63) is 96.2 Å². The molecule has 4 aromatic rings. The third-order valence-corrected chi connectivity index (χ3v) is 6.11. The van der Waals surface area contributed by atoms with Crippen LogP contribution in [0.1, 0.15) is 17.5 Å². The Bertz CT molecular complexity index is 1410. The van der Waals surface area contributed by atoms with Crippen LogP contribution in [0.25, 0.3) is 22.4 Å². The molecule has 2 aliphatic heterocycles. The second kappa shape index (κ2) is 7.41. The molecule has 0 amide bonds. The van der Waals surface area contributed by atoms with Gasteiger partial charge in [0, 0.05) is 34.9 Å². The predicted octanol–water partition coefficient (Wildman–Crippen LogP) is 5.03. The fourth-order valence-corrected chi connectivity index (χ4v) is 4.56. The minimum absolute atomic E-state index is 0.107. The molecule has 162 valence electrons. The molecule has 2 aromatic carbocycles. The van der Waals surface area contributed by atoms with Crippen molar-refractivity contribution in [1.82, 2.24) is 9.97 Å². The van der Waals surface area contributed by atoms with Gasteiger partial charge in [-0.3, -0.25) is 4.98 Å². The summed E-state index contributed by atoms with van der Waals surface area (Å²) in [5, 5.41) is 0. The van der Waals surface area contributed by atoms with Crippen LogP contribution in [-0.2, 0) is 10.3 Å². The van der Waals surface area contributed by atoms with Crippen molar-refractivity contribution in [2.24, 2.45) is 10.7 Å². The fourth-order valence-electron chi connectivity index (χ4n) is 4.56. The SMILES string of the molecule is NC1=N[C@@]2(CCO1)c1cc(-c3cccnc3F)ccc1Oc1cnc(-c3ccccc3)cc12. The molecule has 0 saturated heterocycles. The number of aliphatic imine (C=N–C) groups is 1. The molecule has 6 nitrogen and oxygen atoms in total. The average molecular weight is 438 g/mol. The number of ether oxygens (including phenoxy) is 2. The highest BCUT2D eigenvalue weighted by atomic mass is 19.1. The smallest absolute Gasteiger partial charge is 0.283 e. The third kappa shape index (κ3) is 3.12. The summed E-state index contributed by atoms with van der Waals surface area (Å²) in [5.41, 5.74) is 9.76. The van der Waals surface area contributed by atoms with Crippen LogP contribution in [0.4, 0.5) is 4.39 Å². The number of pyridine rings is 2. The maximum Gasteiger partial charge on any atom is 0.283 e. The predicted molar refractivity (Wildman–Crippen MR) is 122 cm³/mol. The lowest BCUT2D eigenvalue weighted by atomic mass is 9.77. The molecule has 33 heavy (non-hydrogen) atoms. The lowest BCUT2D eigenvalue weighted by molar-refractivity contribution is 0.219. The summed E-state index contributed by atoms with van der Waals surface area (Å²) in [5.74, 6) is 0.707. The minimum Gasteiger partial charge on any atom is -0.465 e. The van der Waals surface area contributed by atoms with Crippen molar-refractivity contribution >= 4 is 6.02 Å². The van der Waals surface area contributed by atoms with Crippen molar-refractivity contribution in [3.63, 3.8) is 0 Å². The molecule has 1 atom stereocenters. The van der Waals surface area contributed by atoms with Crippen LogP contribution >= 0.6 is 0 Å². The van der Waals surface area contributed by atoms with Crippen LogP contribution in [0.5, 0.6) is 11.5 Å². The van der Waals surface area contributed by atoms with Gasteiger partial charge in [-0.05, 0) is 35.9 Å². The lowest BCUT2D eigenvalue weighted by Gasteiger charge is -2.39. The fraction of sp³-hybridized carbons (Fsp3) is 0.115. The zero-order valence-corrected chi connectivity index (χ0v) is 17.5. The zero-order valence-electron chi connectivity index (χ0n) is 17.5. The Labute approximate surface area is 189 Å². The van der Waals surface area contributed by atoms with E-state index in [1.54, 1.807) is 18.3 Å². The Morgan fingerprint density at radius 2 is 1.73 bits per heavy atom. The molecule has 0 unspecified atom stereocenters. The van der Waals surface area contributed by atoms with Crippen molar-refractivity contribution in [2.45, 2.75) is 12.0 Å². The van der Waals surface area contributed by atoms with Crippen molar-refractivity contribution in [2.75, 3.05) is 6.61 Å². The summed E-state index contributed by atoms with van der Waals surface area (Å²) in [7, 11) is 0. The second-order valence-corrected chi connectivity index (χ2v) is 8.00. The van der Waals surface area contributed by atoms with Gasteiger partial charge in [0.1, 0.15) is 11.3 Å². The monoisotopic (exact) mass is 438 g/mol. The van der Waals surface area contributed by atoms with Gasteiger partial charge in [-0.25, -0.2) is 9.98 Å². The molecule has 6 rings (SSSR count). The van der Waals surface area contributed by atoms with Gasteiger partial charge >= 0.3 is 0 Å². The molecule has 0 saturated carbocycles. The first kappa shape index (κ1) is 19.4. The van der Waals surface area contributed by atoms with Gasteiger partial charge < -0.3 is 15.2 Å².